The highest BCUT2D eigenvalue weighted by molar-refractivity contribution is 7.10. The minimum Gasteiger partial charge on any atom is -0.444 e. The van der Waals surface area contributed by atoms with Crippen molar-refractivity contribution in [2.45, 2.75) is 39.8 Å². The molecule has 0 saturated carbocycles. The van der Waals surface area contributed by atoms with E-state index < -0.39 is 5.60 Å². The van der Waals surface area contributed by atoms with Crippen molar-refractivity contribution in [1.82, 2.24) is 5.32 Å². The molecule has 1 rings (SSSR count). The lowest BCUT2D eigenvalue weighted by atomic mass is 10.2. The van der Waals surface area contributed by atoms with Crippen LogP contribution < -0.4 is 5.32 Å². The smallest absolute Gasteiger partial charge is 0.407 e. The van der Waals surface area contributed by atoms with Gasteiger partial charge in [0, 0.05) is 4.88 Å². The van der Waals surface area contributed by atoms with Crippen molar-refractivity contribution < 1.29 is 9.53 Å². The highest BCUT2D eigenvalue weighted by atomic mass is 32.1. The zero-order valence-corrected chi connectivity index (χ0v) is 10.4. The Balaban J connectivity index is 2.38. The zero-order chi connectivity index (χ0) is 11.5. The van der Waals surface area contributed by atoms with Gasteiger partial charge in [0.1, 0.15) is 5.60 Å². The Hall–Kier alpha value is -1.03. The van der Waals surface area contributed by atoms with Gasteiger partial charge in [-0.05, 0) is 44.7 Å². The highest BCUT2D eigenvalue weighted by Crippen LogP contribution is 2.15. The summed E-state index contributed by atoms with van der Waals surface area (Å²) in [5.41, 5.74) is 0.769. The summed E-state index contributed by atoms with van der Waals surface area (Å²) in [5.74, 6) is 0. The van der Waals surface area contributed by atoms with Gasteiger partial charge in [-0.2, -0.15) is 0 Å². The second-order valence-corrected chi connectivity index (χ2v) is 5.38. The molecule has 4 heteroatoms. The molecular formula is C11H17NO2S. The minimum atomic E-state index is -0.436. The van der Waals surface area contributed by atoms with Crippen LogP contribution in [0.5, 0.6) is 0 Å². The van der Waals surface area contributed by atoms with Crippen LogP contribution in [0.25, 0.3) is 0 Å². The molecule has 1 aromatic rings. The normalized spacial score (nSPS) is 11.2. The topological polar surface area (TPSA) is 38.3 Å². The number of rotatable bonds is 2. The van der Waals surface area contributed by atoms with Crippen LogP contribution in [0.4, 0.5) is 4.79 Å². The summed E-state index contributed by atoms with van der Waals surface area (Å²) in [5, 5.41) is 4.75. The first-order chi connectivity index (χ1) is 6.88. The molecule has 0 fully saturated rings. The van der Waals surface area contributed by atoms with Crippen molar-refractivity contribution >= 4 is 17.4 Å². The monoisotopic (exact) mass is 227 g/mol. The Morgan fingerprint density at radius 1 is 1.53 bits per heavy atom. The molecule has 0 atom stereocenters. The number of nitrogens with one attached hydrogen (secondary N) is 1. The summed E-state index contributed by atoms with van der Waals surface area (Å²) >= 11 is 1.64. The van der Waals surface area contributed by atoms with E-state index in [0.29, 0.717) is 6.54 Å². The molecule has 0 aliphatic carbocycles. The van der Waals surface area contributed by atoms with Crippen LogP contribution in [0.1, 0.15) is 31.2 Å². The molecule has 84 valence electrons. The van der Waals surface area contributed by atoms with E-state index in [0.717, 1.165) is 0 Å². The molecule has 0 bridgehead atoms. The van der Waals surface area contributed by atoms with Crippen molar-refractivity contribution in [3.05, 3.63) is 21.9 Å². The average Bonchev–Trinajstić information content (AvgIpc) is 2.44. The summed E-state index contributed by atoms with van der Waals surface area (Å²) in [7, 11) is 0. The minimum absolute atomic E-state index is 0.365. The van der Waals surface area contributed by atoms with Crippen LogP contribution in [0.2, 0.25) is 0 Å². The first kappa shape index (κ1) is 12.0. The van der Waals surface area contributed by atoms with Crippen LogP contribution >= 0.6 is 11.3 Å². The number of amides is 1. The van der Waals surface area contributed by atoms with Gasteiger partial charge in [-0.25, -0.2) is 4.79 Å². The van der Waals surface area contributed by atoms with Crippen LogP contribution in [0, 0.1) is 6.92 Å². The second kappa shape index (κ2) is 4.66. The maximum absolute atomic E-state index is 11.3. The Kier molecular flexibility index (Phi) is 3.74. The van der Waals surface area contributed by atoms with Crippen LogP contribution in [-0.2, 0) is 11.3 Å². The molecule has 0 radical (unpaired) electrons. The zero-order valence-electron chi connectivity index (χ0n) is 9.59. The summed E-state index contributed by atoms with van der Waals surface area (Å²) in [6.45, 7) is 8.12. The van der Waals surface area contributed by atoms with Gasteiger partial charge in [0.25, 0.3) is 0 Å². The summed E-state index contributed by atoms with van der Waals surface area (Å²) < 4.78 is 5.13. The highest BCUT2D eigenvalue weighted by Gasteiger charge is 2.15. The summed E-state index contributed by atoms with van der Waals surface area (Å²) in [6, 6.07) is 2.04. The quantitative estimate of drug-likeness (QED) is 0.843. The standard InChI is InChI=1S/C11H17NO2S/c1-8-5-6-15-9(8)7-12-10(13)14-11(2,3)4/h5-6H,7H2,1-4H3,(H,12,13). The Bertz CT molecular complexity index is 339. The molecule has 0 aliphatic rings. The van der Waals surface area contributed by atoms with Gasteiger partial charge in [0.05, 0.1) is 6.54 Å². The van der Waals surface area contributed by atoms with Crippen LogP contribution in [0.15, 0.2) is 11.4 Å². The fourth-order valence-electron chi connectivity index (χ4n) is 1.05. The largest absolute Gasteiger partial charge is 0.444 e. The van der Waals surface area contributed by atoms with Crippen molar-refractivity contribution in [2.24, 2.45) is 0 Å². The predicted octanol–water partition coefficient (Wildman–Crippen LogP) is 3.08. The van der Waals surface area contributed by atoms with Gasteiger partial charge >= 0.3 is 6.09 Å². The van der Waals surface area contributed by atoms with E-state index in [-0.39, 0.29) is 6.09 Å². The number of carbonyl (C=O) groups is 1. The first-order valence-corrected chi connectivity index (χ1v) is 5.76. The number of hydrogen-bond donors (Lipinski definition) is 1. The fourth-order valence-corrected chi connectivity index (χ4v) is 1.90. The molecule has 1 amide bonds. The fraction of sp³-hybridized carbons (Fsp3) is 0.545. The first-order valence-electron chi connectivity index (χ1n) is 4.88. The molecule has 0 saturated heterocycles. The van der Waals surface area contributed by atoms with Gasteiger partial charge in [-0.3, -0.25) is 0 Å². The Morgan fingerprint density at radius 3 is 2.67 bits per heavy atom. The van der Waals surface area contributed by atoms with Gasteiger partial charge in [-0.15, -0.1) is 11.3 Å². The van der Waals surface area contributed by atoms with E-state index in [2.05, 4.69) is 5.32 Å². The Labute approximate surface area is 94.5 Å². The van der Waals surface area contributed by atoms with E-state index >= 15 is 0 Å². The van der Waals surface area contributed by atoms with Gasteiger partial charge in [0.2, 0.25) is 0 Å². The van der Waals surface area contributed by atoms with E-state index in [1.807, 2.05) is 39.1 Å². The SMILES string of the molecule is Cc1ccsc1CNC(=O)OC(C)(C)C. The number of carbonyl (C=O) groups excluding carboxylic acids is 1. The number of alkyl carbamates (subject to hydrolysis) is 1. The molecule has 0 unspecified atom stereocenters. The predicted molar refractivity (Wildman–Crippen MR) is 62.1 cm³/mol. The third kappa shape index (κ3) is 4.34. The van der Waals surface area contributed by atoms with E-state index in [9.17, 15) is 4.79 Å². The molecule has 0 aliphatic heterocycles. The third-order valence-corrected chi connectivity index (χ3v) is 2.78. The van der Waals surface area contributed by atoms with Gasteiger partial charge in [0.15, 0.2) is 0 Å². The van der Waals surface area contributed by atoms with E-state index in [4.69, 9.17) is 4.74 Å². The Morgan fingerprint density at radius 2 is 2.20 bits per heavy atom. The second-order valence-electron chi connectivity index (χ2n) is 4.38. The lowest BCUT2D eigenvalue weighted by Crippen LogP contribution is -2.32. The molecule has 15 heavy (non-hydrogen) atoms. The van der Waals surface area contributed by atoms with E-state index in [1.54, 1.807) is 11.3 Å². The molecular weight excluding hydrogens is 210 g/mol. The summed E-state index contributed by atoms with van der Waals surface area (Å²) in [6.07, 6.45) is -0.365. The third-order valence-electron chi connectivity index (χ3n) is 1.76. The molecule has 0 spiro atoms. The lowest BCUT2D eigenvalue weighted by Gasteiger charge is -2.19. The van der Waals surface area contributed by atoms with Crippen molar-refractivity contribution in [3.8, 4) is 0 Å². The number of aryl methyl sites for hydroxylation is 1. The molecule has 1 heterocycles. The number of ether oxygens (including phenoxy) is 1. The van der Waals surface area contributed by atoms with E-state index in [1.165, 1.54) is 10.4 Å². The molecule has 1 aromatic heterocycles. The van der Waals surface area contributed by atoms with Crippen LogP contribution in [-0.4, -0.2) is 11.7 Å². The van der Waals surface area contributed by atoms with Crippen molar-refractivity contribution in [1.29, 1.82) is 0 Å². The van der Waals surface area contributed by atoms with Crippen molar-refractivity contribution in [2.75, 3.05) is 0 Å². The average molecular weight is 227 g/mol. The van der Waals surface area contributed by atoms with Gasteiger partial charge < -0.3 is 10.1 Å². The molecule has 0 aromatic carbocycles. The molecule has 3 nitrogen and oxygen atoms in total. The summed E-state index contributed by atoms with van der Waals surface area (Å²) in [4.78, 5) is 12.5. The maximum atomic E-state index is 11.3. The van der Waals surface area contributed by atoms with Crippen LogP contribution in [0.3, 0.4) is 0 Å². The lowest BCUT2D eigenvalue weighted by molar-refractivity contribution is 0.0524. The maximum Gasteiger partial charge on any atom is 0.407 e. The number of hydrogen-bond acceptors (Lipinski definition) is 3. The molecule has 1 N–H and O–H groups in total. The van der Waals surface area contributed by atoms with Crippen molar-refractivity contribution in [3.63, 3.8) is 0 Å². The number of thiophene rings is 1. The van der Waals surface area contributed by atoms with Gasteiger partial charge in [-0.1, -0.05) is 0 Å².